The maximum Gasteiger partial charge on any atom is 0.343 e. The van der Waals surface area contributed by atoms with Crippen LogP contribution >= 0.6 is 15.9 Å². The third-order valence-electron chi connectivity index (χ3n) is 5.49. The average molecular weight is 599 g/mol. The van der Waals surface area contributed by atoms with E-state index >= 15 is 0 Å². The summed E-state index contributed by atoms with van der Waals surface area (Å²) in [6.45, 7) is 1.91. The van der Waals surface area contributed by atoms with Gasteiger partial charge >= 0.3 is 17.8 Å². The number of nitrogens with one attached hydrogen (secondary N) is 3. The number of carbonyl (C=O) groups excluding carboxylic acids is 4. The van der Waals surface area contributed by atoms with Crippen LogP contribution in [-0.2, 0) is 9.59 Å². The Morgan fingerprint density at radius 2 is 1.50 bits per heavy atom. The number of hydrazone groups is 1. The SMILES string of the molecule is Cc1ccc(C(=O)Oc2ccc(Br)cc2C=NNC(=O)C(=O)Nc2ccccc2C(=O)Nc2ccccc2)cc1. The molecule has 0 unspecified atom stereocenters. The number of ether oxygens (including phenoxy) is 1. The van der Waals surface area contributed by atoms with E-state index in [0.717, 1.165) is 5.56 Å². The summed E-state index contributed by atoms with van der Waals surface area (Å²) in [6, 6.07) is 26.9. The molecular weight excluding hydrogens is 576 g/mol. The van der Waals surface area contributed by atoms with E-state index in [-0.39, 0.29) is 17.0 Å². The second-order valence-corrected chi connectivity index (χ2v) is 9.37. The highest BCUT2D eigenvalue weighted by molar-refractivity contribution is 9.10. The highest BCUT2D eigenvalue weighted by Gasteiger charge is 2.18. The van der Waals surface area contributed by atoms with Crippen LogP contribution in [0.25, 0.3) is 0 Å². The highest BCUT2D eigenvalue weighted by Crippen LogP contribution is 2.23. The molecule has 4 aromatic rings. The lowest BCUT2D eigenvalue weighted by Gasteiger charge is -2.11. The number of rotatable bonds is 7. The zero-order chi connectivity index (χ0) is 28.5. The van der Waals surface area contributed by atoms with Crippen LogP contribution in [0.2, 0.25) is 0 Å². The molecule has 0 aliphatic rings. The quantitative estimate of drug-likeness (QED) is 0.0872. The molecule has 4 aromatic carbocycles. The van der Waals surface area contributed by atoms with Gasteiger partial charge in [0.15, 0.2) is 0 Å². The fourth-order valence-electron chi connectivity index (χ4n) is 3.46. The van der Waals surface area contributed by atoms with E-state index < -0.39 is 23.7 Å². The van der Waals surface area contributed by atoms with Crippen LogP contribution in [0.15, 0.2) is 107 Å². The van der Waals surface area contributed by atoms with Crippen molar-refractivity contribution in [1.82, 2.24) is 5.43 Å². The van der Waals surface area contributed by atoms with Gasteiger partial charge < -0.3 is 15.4 Å². The first-order valence-corrected chi connectivity index (χ1v) is 12.8. The number of benzene rings is 4. The molecule has 9 nitrogen and oxygen atoms in total. The predicted octanol–water partition coefficient (Wildman–Crippen LogP) is 5.32. The molecule has 3 amide bonds. The maximum absolute atomic E-state index is 12.7. The minimum absolute atomic E-state index is 0.150. The van der Waals surface area contributed by atoms with Crippen LogP contribution in [0.5, 0.6) is 5.75 Å². The van der Waals surface area contributed by atoms with E-state index in [9.17, 15) is 19.2 Å². The first-order valence-electron chi connectivity index (χ1n) is 12.0. The zero-order valence-electron chi connectivity index (χ0n) is 21.2. The lowest BCUT2D eigenvalue weighted by molar-refractivity contribution is -0.136. The van der Waals surface area contributed by atoms with Crippen molar-refractivity contribution in [2.24, 2.45) is 5.10 Å². The van der Waals surface area contributed by atoms with E-state index in [1.165, 1.54) is 18.3 Å². The van der Waals surface area contributed by atoms with Crippen LogP contribution in [0.3, 0.4) is 0 Å². The van der Waals surface area contributed by atoms with Gasteiger partial charge in [0, 0.05) is 15.7 Å². The second kappa shape index (κ2) is 13.1. The zero-order valence-corrected chi connectivity index (χ0v) is 22.8. The fourth-order valence-corrected chi connectivity index (χ4v) is 3.84. The lowest BCUT2D eigenvalue weighted by atomic mass is 10.1. The number of nitrogens with zero attached hydrogens (tertiary/aromatic N) is 1. The van der Waals surface area contributed by atoms with Crippen LogP contribution in [-0.4, -0.2) is 29.9 Å². The Hall–Kier alpha value is -5.09. The number of aryl methyl sites for hydroxylation is 1. The van der Waals surface area contributed by atoms with Crippen molar-refractivity contribution in [3.63, 3.8) is 0 Å². The van der Waals surface area contributed by atoms with Gasteiger partial charge in [-0.25, -0.2) is 10.2 Å². The van der Waals surface area contributed by atoms with Crippen LogP contribution < -0.4 is 20.8 Å². The van der Waals surface area contributed by atoms with Gasteiger partial charge in [-0.3, -0.25) is 14.4 Å². The summed E-state index contributed by atoms with van der Waals surface area (Å²) in [5.41, 5.74) is 4.80. The molecule has 0 radical (unpaired) electrons. The third-order valence-corrected chi connectivity index (χ3v) is 5.98. The number of amides is 3. The van der Waals surface area contributed by atoms with Crippen molar-refractivity contribution in [3.05, 3.63) is 124 Å². The number of esters is 1. The molecular formula is C30H23BrN4O5. The summed E-state index contributed by atoms with van der Waals surface area (Å²) in [5.74, 6) is -2.91. The smallest absolute Gasteiger partial charge is 0.343 e. The van der Waals surface area contributed by atoms with Gasteiger partial charge in [0.25, 0.3) is 5.91 Å². The molecule has 10 heteroatoms. The summed E-state index contributed by atoms with van der Waals surface area (Å²) in [7, 11) is 0. The first kappa shape index (κ1) is 27.9. The van der Waals surface area contributed by atoms with Gasteiger partial charge in [-0.15, -0.1) is 0 Å². The molecule has 4 rings (SSSR count). The lowest BCUT2D eigenvalue weighted by Crippen LogP contribution is -2.33. The number of para-hydroxylation sites is 2. The van der Waals surface area contributed by atoms with Crippen LogP contribution in [0.1, 0.15) is 31.8 Å². The Morgan fingerprint density at radius 3 is 2.25 bits per heavy atom. The van der Waals surface area contributed by atoms with Crippen LogP contribution in [0.4, 0.5) is 11.4 Å². The number of carbonyl (C=O) groups is 4. The van der Waals surface area contributed by atoms with E-state index in [1.807, 2.05) is 13.0 Å². The molecule has 0 aromatic heterocycles. The Bertz CT molecular complexity index is 1590. The number of hydrogen-bond donors (Lipinski definition) is 3. The Balaban J connectivity index is 1.40. The van der Waals surface area contributed by atoms with Crippen molar-refractivity contribution in [2.75, 3.05) is 10.6 Å². The molecule has 0 fully saturated rings. The fraction of sp³-hybridized carbons (Fsp3) is 0.0333. The van der Waals surface area contributed by atoms with Gasteiger partial charge in [-0.1, -0.05) is 64.0 Å². The topological polar surface area (TPSA) is 126 Å². The maximum atomic E-state index is 12.7. The number of hydrogen-bond acceptors (Lipinski definition) is 6. The molecule has 0 atom stereocenters. The Labute approximate surface area is 238 Å². The summed E-state index contributed by atoms with van der Waals surface area (Å²) in [5, 5.41) is 9.00. The van der Waals surface area contributed by atoms with Crippen molar-refractivity contribution < 1.29 is 23.9 Å². The second-order valence-electron chi connectivity index (χ2n) is 8.46. The molecule has 0 saturated carbocycles. The molecule has 200 valence electrons. The van der Waals surface area contributed by atoms with E-state index in [0.29, 0.717) is 21.3 Å². The molecule has 3 N–H and O–H groups in total. The van der Waals surface area contributed by atoms with Crippen molar-refractivity contribution in [3.8, 4) is 5.75 Å². The molecule has 0 bridgehead atoms. The Kier molecular flexibility index (Phi) is 9.16. The van der Waals surface area contributed by atoms with Crippen molar-refractivity contribution in [2.45, 2.75) is 6.92 Å². The largest absolute Gasteiger partial charge is 0.422 e. The molecule has 0 aliphatic carbocycles. The predicted molar refractivity (Wildman–Crippen MR) is 155 cm³/mol. The summed E-state index contributed by atoms with van der Waals surface area (Å²) in [4.78, 5) is 50.2. The van der Waals surface area contributed by atoms with Crippen molar-refractivity contribution in [1.29, 1.82) is 0 Å². The number of halogens is 1. The summed E-state index contributed by atoms with van der Waals surface area (Å²) in [6.07, 6.45) is 1.24. The minimum Gasteiger partial charge on any atom is -0.422 e. The number of anilines is 2. The first-order chi connectivity index (χ1) is 19.3. The van der Waals surface area contributed by atoms with E-state index in [1.54, 1.807) is 78.9 Å². The molecule has 40 heavy (non-hydrogen) atoms. The van der Waals surface area contributed by atoms with E-state index in [2.05, 4.69) is 37.1 Å². The third kappa shape index (κ3) is 7.49. The van der Waals surface area contributed by atoms with E-state index in [4.69, 9.17) is 4.74 Å². The van der Waals surface area contributed by atoms with Gasteiger partial charge in [-0.05, 0) is 61.5 Å². The van der Waals surface area contributed by atoms with Gasteiger partial charge in [0.1, 0.15) is 5.75 Å². The Morgan fingerprint density at radius 1 is 0.800 bits per heavy atom. The average Bonchev–Trinajstić information content (AvgIpc) is 2.95. The standard InChI is InChI=1S/C30H23BrN4O5/c1-19-11-13-20(14-12-19)30(39)40-26-16-15-22(31)17-21(26)18-32-35-29(38)28(37)34-25-10-6-5-9-24(25)27(36)33-23-7-3-2-4-8-23/h2-18H,1H3,(H,33,36)(H,34,37)(H,35,38). The minimum atomic E-state index is -1.07. The summed E-state index contributed by atoms with van der Waals surface area (Å²) >= 11 is 3.35. The normalized spacial score (nSPS) is 10.6. The highest BCUT2D eigenvalue weighted by atomic mass is 79.9. The van der Waals surface area contributed by atoms with Gasteiger partial charge in [0.05, 0.1) is 23.0 Å². The molecule has 0 saturated heterocycles. The monoisotopic (exact) mass is 598 g/mol. The van der Waals surface area contributed by atoms with Gasteiger partial charge in [0.2, 0.25) is 0 Å². The molecule has 0 spiro atoms. The molecule has 0 heterocycles. The molecule has 0 aliphatic heterocycles. The van der Waals surface area contributed by atoms with Gasteiger partial charge in [-0.2, -0.15) is 5.10 Å². The van der Waals surface area contributed by atoms with Crippen LogP contribution in [0, 0.1) is 6.92 Å². The summed E-state index contributed by atoms with van der Waals surface area (Å²) < 4.78 is 6.19. The van der Waals surface area contributed by atoms with Crippen molar-refractivity contribution >= 4 is 57.2 Å².